The van der Waals surface area contributed by atoms with E-state index in [1.807, 2.05) is 30.5 Å². The third kappa shape index (κ3) is 3.40. The summed E-state index contributed by atoms with van der Waals surface area (Å²) < 4.78 is 30.5. The van der Waals surface area contributed by atoms with E-state index in [1.165, 1.54) is 10.6 Å². The molecule has 0 fully saturated rings. The fourth-order valence-corrected chi connectivity index (χ4v) is 5.03. The average Bonchev–Trinajstić information content (AvgIpc) is 3.09. The molecule has 130 valence electrons. The first-order valence-corrected chi connectivity index (χ1v) is 10.4. The summed E-state index contributed by atoms with van der Waals surface area (Å²) in [5.74, 6) is 0. The van der Waals surface area contributed by atoms with Gasteiger partial charge in [-0.3, -0.25) is 4.31 Å². The first-order chi connectivity index (χ1) is 11.4. The molecule has 6 nitrogen and oxygen atoms in total. The van der Waals surface area contributed by atoms with Crippen molar-refractivity contribution in [2.24, 2.45) is 0 Å². The Balaban J connectivity index is 1.84. The summed E-state index contributed by atoms with van der Waals surface area (Å²) >= 11 is 1.55. The molecule has 1 atom stereocenters. The molecule has 0 amide bonds. The number of anilines is 2. The van der Waals surface area contributed by atoms with Crippen LogP contribution in [0.5, 0.6) is 0 Å². The molecule has 1 aliphatic rings. The maximum absolute atomic E-state index is 12.0. The lowest BCUT2D eigenvalue weighted by Crippen LogP contribution is -2.34. The third-order valence-corrected chi connectivity index (χ3v) is 6.04. The number of fused-ring (bicyclic) bond motifs is 1. The molecule has 3 rings (SSSR count). The van der Waals surface area contributed by atoms with Crippen molar-refractivity contribution in [1.29, 1.82) is 0 Å². The van der Waals surface area contributed by atoms with Crippen molar-refractivity contribution in [3.05, 3.63) is 29.1 Å². The third-order valence-electron chi connectivity index (χ3n) is 3.97. The van der Waals surface area contributed by atoms with Crippen molar-refractivity contribution in [3.63, 3.8) is 0 Å². The van der Waals surface area contributed by atoms with Crippen LogP contribution in [0, 0.1) is 0 Å². The number of thiazole rings is 1. The summed E-state index contributed by atoms with van der Waals surface area (Å²) in [6.07, 6.45) is 1.98. The molecule has 0 bridgehead atoms. The number of sulfonamides is 1. The van der Waals surface area contributed by atoms with Crippen LogP contribution in [0.2, 0.25) is 0 Å². The normalized spacial score (nSPS) is 17.1. The molecule has 1 aromatic carbocycles. The molecular weight excluding hydrogens is 346 g/mol. The van der Waals surface area contributed by atoms with Crippen LogP contribution in [-0.4, -0.2) is 46.0 Å². The molecule has 0 aliphatic carbocycles. The highest BCUT2D eigenvalue weighted by molar-refractivity contribution is 7.92. The predicted molar refractivity (Wildman–Crippen MR) is 98.4 cm³/mol. The molecule has 2 aromatic rings. The van der Waals surface area contributed by atoms with E-state index in [0.717, 1.165) is 34.1 Å². The van der Waals surface area contributed by atoms with Crippen molar-refractivity contribution in [3.8, 4) is 11.3 Å². The van der Waals surface area contributed by atoms with Crippen molar-refractivity contribution >= 4 is 32.2 Å². The Morgan fingerprint density at radius 1 is 1.46 bits per heavy atom. The van der Waals surface area contributed by atoms with Crippen LogP contribution in [0.25, 0.3) is 11.3 Å². The van der Waals surface area contributed by atoms with Gasteiger partial charge in [-0.15, -0.1) is 11.3 Å². The highest BCUT2D eigenvalue weighted by Gasteiger charge is 2.32. The van der Waals surface area contributed by atoms with Gasteiger partial charge in [0.25, 0.3) is 0 Å². The Hall–Kier alpha value is -1.64. The van der Waals surface area contributed by atoms with Gasteiger partial charge in [0.05, 0.1) is 24.2 Å². The van der Waals surface area contributed by atoms with E-state index in [1.54, 1.807) is 18.4 Å². The number of benzene rings is 1. The van der Waals surface area contributed by atoms with Crippen molar-refractivity contribution in [2.75, 3.05) is 36.1 Å². The van der Waals surface area contributed by atoms with Gasteiger partial charge >= 0.3 is 0 Å². The van der Waals surface area contributed by atoms with Gasteiger partial charge in [-0.25, -0.2) is 13.4 Å². The second-order valence-corrected chi connectivity index (χ2v) is 8.63. The summed E-state index contributed by atoms with van der Waals surface area (Å²) in [6, 6.07) is 5.81. The molecular formula is C16H21N3O3S2. The number of nitrogens with zero attached hydrogens (tertiary/aromatic N) is 2. The molecule has 0 unspecified atom stereocenters. The minimum absolute atomic E-state index is 0.0491. The topological polar surface area (TPSA) is 71.5 Å². The summed E-state index contributed by atoms with van der Waals surface area (Å²) in [7, 11) is -1.59. The monoisotopic (exact) mass is 367 g/mol. The standard InChI is InChI=1S/C16H21N3O3S2/c1-11-8-13-9-12(4-5-15(13)19(11)24(3,20)21)14-10-23-16(18-14)17-6-7-22-2/h4-5,9-11H,6-8H2,1-3H3,(H,17,18)/t11-/m0/s1. The summed E-state index contributed by atoms with van der Waals surface area (Å²) in [6.45, 7) is 3.28. The zero-order valence-electron chi connectivity index (χ0n) is 13.9. The summed E-state index contributed by atoms with van der Waals surface area (Å²) in [4.78, 5) is 4.58. The number of hydrogen-bond donors (Lipinski definition) is 1. The van der Waals surface area contributed by atoms with E-state index < -0.39 is 10.0 Å². The van der Waals surface area contributed by atoms with Gasteiger partial charge in [0.15, 0.2) is 5.13 Å². The Bertz CT molecular complexity index is 833. The van der Waals surface area contributed by atoms with Crippen molar-refractivity contribution < 1.29 is 13.2 Å². The van der Waals surface area contributed by atoms with Crippen LogP contribution in [0.3, 0.4) is 0 Å². The molecule has 2 heterocycles. The molecule has 24 heavy (non-hydrogen) atoms. The molecule has 0 radical (unpaired) electrons. The Morgan fingerprint density at radius 2 is 2.25 bits per heavy atom. The Morgan fingerprint density at radius 3 is 2.96 bits per heavy atom. The zero-order chi connectivity index (χ0) is 17.3. The van der Waals surface area contributed by atoms with Crippen LogP contribution in [0.1, 0.15) is 12.5 Å². The Kier molecular flexibility index (Phi) is 4.80. The SMILES string of the molecule is COCCNc1nc(-c2ccc3c(c2)C[C@H](C)N3S(C)(=O)=O)cs1. The van der Waals surface area contributed by atoms with E-state index >= 15 is 0 Å². The largest absolute Gasteiger partial charge is 0.383 e. The molecule has 1 N–H and O–H groups in total. The van der Waals surface area contributed by atoms with Gasteiger partial charge in [0.2, 0.25) is 10.0 Å². The second-order valence-electron chi connectivity index (χ2n) is 5.91. The minimum atomic E-state index is -3.25. The molecule has 1 aromatic heterocycles. The predicted octanol–water partition coefficient (Wildman–Crippen LogP) is 2.58. The number of nitrogens with one attached hydrogen (secondary N) is 1. The molecule has 0 saturated carbocycles. The minimum Gasteiger partial charge on any atom is -0.383 e. The van der Waals surface area contributed by atoms with E-state index in [0.29, 0.717) is 13.2 Å². The van der Waals surface area contributed by atoms with Crippen LogP contribution >= 0.6 is 11.3 Å². The van der Waals surface area contributed by atoms with E-state index in [4.69, 9.17) is 4.74 Å². The zero-order valence-corrected chi connectivity index (χ0v) is 15.6. The number of methoxy groups -OCH3 is 1. The number of rotatable bonds is 6. The Labute approximate surface area is 146 Å². The fourth-order valence-electron chi connectivity index (χ4n) is 3.02. The number of ether oxygens (including phenoxy) is 1. The molecule has 0 saturated heterocycles. The van der Waals surface area contributed by atoms with E-state index in [-0.39, 0.29) is 6.04 Å². The first kappa shape index (κ1) is 17.2. The van der Waals surface area contributed by atoms with Crippen LogP contribution in [-0.2, 0) is 21.2 Å². The van der Waals surface area contributed by atoms with Crippen molar-refractivity contribution in [1.82, 2.24) is 4.98 Å². The average molecular weight is 367 g/mol. The van der Waals surface area contributed by atoms with Gasteiger partial charge in [0, 0.05) is 30.6 Å². The van der Waals surface area contributed by atoms with Gasteiger partial charge in [-0.05, 0) is 31.0 Å². The maximum atomic E-state index is 12.0. The lowest BCUT2D eigenvalue weighted by molar-refractivity contribution is 0.211. The van der Waals surface area contributed by atoms with E-state index in [2.05, 4.69) is 10.3 Å². The smallest absolute Gasteiger partial charge is 0.232 e. The van der Waals surface area contributed by atoms with E-state index in [9.17, 15) is 8.42 Å². The van der Waals surface area contributed by atoms with Crippen LogP contribution in [0.4, 0.5) is 10.8 Å². The first-order valence-electron chi connectivity index (χ1n) is 7.71. The van der Waals surface area contributed by atoms with Gasteiger partial charge in [-0.1, -0.05) is 6.07 Å². The lowest BCUT2D eigenvalue weighted by atomic mass is 10.1. The summed E-state index contributed by atoms with van der Waals surface area (Å²) in [5, 5.41) is 6.08. The molecule has 1 aliphatic heterocycles. The highest BCUT2D eigenvalue weighted by Crippen LogP contribution is 2.37. The lowest BCUT2D eigenvalue weighted by Gasteiger charge is -2.21. The van der Waals surface area contributed by atoms with Gasteiger partial charge in [0.1, 0.15) is 0 Å². The van der Waals surface area contributed by atoms with Crippen molar-refractivity contribution in [2.45, 2.75) is 19.4 Å². The highest BCUT2D eigenvalue weighted by atomic mass is 32.2. The number of hydrogen-bond acceptors (Lipinski definition) is 6. The fraction of sp³-hybridized carbons (Fsp3) is 0.438. The summed E-state index contributed by atoms with van der Waals surface area (Å²) in [5.41, 5.74) is 3.73. The number of aromatic nitrogens is 1. The molecule has 8 heteroatoms. The maximum Gasteiger partial charge on any atom is 0.232 e. The van der Waals surface area contributed by atoms with Crippen LogP contribution in [0.15, 0.2) is 23.6 Å². The van der Waals surface area contributed by atoms with Crippen LogP contribution < -0.4 is 9.62 Å². The van der Waals surface area contributed by atoms with Gasteiger partial charge in [-0.2, -0.15) is 0 Å². The quantitative estimate of drug-likeness (QED) is 0.795. The molecule has 0 spiro atoms. The van der Waals surface area contributed by atoms with Gasteiger partial charge < -0.3 is 10.1 Å². The second kappa shape index (κ2) is 6.70.